The predicted octanol–water partition coefficient (Wildman–Crippen LogP) is 2.58. The quantitative estimate of drug-likeness (QED) is 0.843. The minimum atomic E-state index is -3.26. The molecule has 0 aliphatic carbocycles. The summed E-state index contributed by atoms with van der Waals surface area (Å²) in [6, 6.07) is 7.23. The number of methoxy groups -OCH3 is 1. The minimum absolute atomic E-state index is 0.128. The highest BCUT2D eigenvalue weighted by Crippen LogP contribution is 2.22. The SMILES string of the molecule is CCCS(=O)(=O)N[C@H](C)c1cnn(-c2ccc(OC)cc2)c1C. The summed E-state index contributed by atoms with van der Waals surface area (Å²) >= 11 is 0. The zero-order valence-corrected chi connectivity index (χ0v) is 14.7. The molecule has 0 aliphatic rings. The summed E-state index contributed by atoms with van der Waals surface area (Å²) in [7, 11) is -1.64. The monoisotopic (exact) mass is 337 g/mol. The Labute approximate surface area is 137 Å². The molecule has 7 heteroatoms. The number of ether oxygens (including phenoxy) is 1. The van der Waals surface area contributed by atoms with E-state index in [1.807, 2.05) is 45.0 Å². The van der Waals surface area contributed by atoms with Crippen LogP contribution in [-0.2, 0) is 10.0 Å². The van der Waals surface area contributed by atoms with E-state index in [1.54, 1.807) is 18.0 Å². The van der Waals surface area contributed by atoms with Crippen LogP contribution in [0.4, 0.5) is 0 Å². The van der Waals surface area contributed by atoms with Crippen LogP contribution < -0.4 is 9.46 Å². The van der Waals surface area contributed by atoms with Crippen molar-refractivity contribution in [1.29, 1.82) is 0 Å². The summed E-state index contributed by atoms with van der Waals surface area (Å²) in [5.74, 6) is 0.905. The Morgan fingerprint density at radius 1 is 1.30 bits per heavy atom. The molecule has 0 unspecified atom stereocenters. The second-order valence-electron chi connectivity index (χ2n) is 5.45. The number of sulfonamides is 1. The lowest BCUT2D eigenvalue weighted by molar-refractivity contribution is 0.414. The van der Waals surface area contributed by atoms with Gasteiger partial charge in [0.1, 0.15) is 5.75 Å². The van der Waals surface area contributed by atoms with E-state index in [9.17, 15) is 8.42 Å². The van der Waals surface area contributed by atoms with Crippen molar-refractivity contribution in [2.45, 2.75) is 33.2 Å². The normalized spacial score (nSPS) is 13.0. The van der Waals surface area contributed by atoms with Gasteiger partial charge in [-0.1, -0.05) is 6.92 Å². The fourth-order valence-electron chi connectivity index (χ4n) is 2.49. The van der Waals surface area contributed by atoms with Gasteiger partial charge in [-0.2, -0.15) is 5.10 Å². The Balaban J connectivity index is 2.24. The Hall–Kier alpha value is -1.86. The van der Waals surface area contributed by atoms with Gasteiger partial charge in [-0.3, -0.25) is 0 Å². The van der Waals surface area contributed by atoms with Crippen molar-refractivity contribution in [3.63, 3.8) is 0 Å². The van der Waals surface area contributed by atoms with Crippen LogP contribution in [0.2, 0.25) is 0 Å². The number of nitrogens with one attached hydrogen (secondary N) is 1. The maximum atomic E-state index is 11.9. The lowest BCUT2D eigenvalue weighted by Gasteiger charge is -2.14. The fraction of sp³-hybridized carbons (Fsp3) is 0.438. The summed E-state index contributed by atoms with van der Waals surface area (Å²) in [5.41, 5.74) is 2.67. The second kappa shape index (κ2) is 7.14. The van der Waals surface area contributed by atoms with Crippen LogP contribution in [0.5, 0.6) is 5.75 Å². The third-order valence-corrected chi connectivity index (χ3v) is 5.32. The maximum Gasteiger partial charge on any atom is 0.212 e. The van der Waals surface area contributed by atoms with E-state index >= 15 is 0 Å². The van der Waals surface area contributed by atoms with Crippen LogP contribution >= 0.6 is 0 Å². The first-order chi connectivity index (χ1) is 10.9. The number of aromatic nitrogens is 2. The highest BCUT2D eigenvalue weighted by molar-refractivity contribution is 7.89. The highest BCUT2D eigenvalue weighted by atomic mass is 32.2. The van der Waals surface area contributed by atoms with Crippen LogP contribution in [0.3, 0.4) is 0 Å². The van der Waals surface area contributed by atoms with Crippen LogP contribution in [0.15, 0.2) is 30.5 Å². The van der Waals surface area contributed by atoms with E-state index in [0.29, 0.717) is 6.42 Å². The Bertz CT molecular complexity index is 751. The van der Waals surface area contributed by atoms with E-state index in [-0.39, 0.29) is 11.8 Å². The van der Waals surface area contributed by atoms with Crippen molar-refractivity contribution >= 4 is 10.0 Å². The van der Waals surface area contributed by atoms with Crippen LogP contribution in [0, 0.1) is 6.92 Å². The van der Waals surface area contributed by atoms with Crippen molar-refractivity contribution in [2.75, 3.05) is 12.9 Å². The molecule has 0 amide bonds. The van der Waals surface area contributed by atoms with Crippen molar-refractivity contribution in [3.8, 4) is 11.4 Å². The largest absolute Gasteiger partial charge is 0.497 e. The van der Waals surface area contributed by atoms with E-state index in [1.165, 1.54) is 0 Å². The zero-order chi connectivity index (χ0) is 17.0. The van der Waals surface area contributed by atoms with E-state index < -0.39 is 10.0 Å². The van der Waals surface area contributed by atoms with Crippen molar-refractivity contribution in [1.82, 2.24) is 14.5 Å². The van der Waals surface area contributed by atoms with Gasteiger partial charge in [0.15, 0.2) is 0 Å². The third kappa shape index (κ3) is 4.11. The van der Waals surface area contributed by atoms with E-state index in [2.05, 4.69) is 9.82 Å². The van der Waals surface area contributed by atoms with Gasteiger partial charge >= 0.3 is 0 Å². The van der Waals surface area contributed by atoms with Crippen LogP contribution in [-0.4, -0.2) is 31.1 Å². The maximum absolute atomic E-state index is 11.9. The van der Waals surface area contributed by atoms with Crippen molar-refractivity contribution in [2.24, 2.45) is 0 Å². The lowest BCUT2D eigenvalue weighted by atomic mass is 10.1. The molecular weight excluding hydrogens is 314 g/mol. The first kappa shape index (κ1) is 17.5. The minimum Gasteiger partial charge on any atom is -0.497 e. The molecule has 0 spiro atoms. The van der Waals surface area contributed by atoms with Crippen LogP contribution in [0.1, 0.15) is 37.6 Å². The third-order valence-electron chi connectivity index (χ3n) is 3.66. The van der Waals surface area contributed by atoms with Crippen molar-refractivity contribution < 1.29 is 13.2 Å². The predicted molar refractivity (Wildman–Crippen MR) is 90.5 cm³/mol. The molecule has 0 saturated carbocycles. The molecule has 6 nitrogen and oxygen atoms in total. The van der Waals surface area contributed by atoms with Gasteiger partial charge < -0.3 is 4.74 Å². The first-order valence-corrected chi connectivity index (χ1v) is 9.22. The molecule has 0 saturated heterocycles. The molecule has 1 atom stereocenters. The number of benzene rings is 1. The molecule has 1 heterocycles. The molecule has 1 N–H and O–H groups in total. The number of hydrogen-bond acceptors (Lipinski definition) is 4. The van der Waals surface area contributed by atoms with Gasteiger partial charge in [-0.05, 0) is 44.5 Å². The van der Waals surface area contributed by atoms with E-state index in [4.69, 9.17) is 4.74 Å². The summed E-state index contributed by atoms with van der Waals surface area (Å²) in [4.78, 5) is 0. The topological polar surface area (TPSA) is 73.2 Å². The summed E-state index contributed by atoms with van der Waals surface area (Å²) in [6.07, 6.45) is 2.30. The average molecular weight is 337 g/mol. The van der Waals surface area contributed by atoms with Gasteiger partial charge in [-0.15, -0.1) is 0 Å². The summed E-state index contributed by atoms with van der Waals surface area (Å²) in [5, 5.41) is 4.38. The van der Waals surface area contributed by atoms with Crippen LogP contribution in [0.25, 0.3) is 5.69 Å². The lowest BCUT2D eigenvalue weighted by Crippen LogP contribution is -2.29. The molecular formula is C16H23N3O3S. The molecule has 126 valence electrons. The zero-order valence-electron chi connectivity index (χ0n) is 13.9. The Morgan fingerprint density at radius 2 is 1.96 bits per heavy atom. The fourth-order valence-corrected chi connectivity index (χ4v) is 3.81. The molecule has 0 fully saturated rings. The highest BCUT2D eigenvalue weighted by Gasteiger charge is 2.19. The molecule has 0 radical (unpaired) electrons. The van der Waals surface area contributed by atoms with Gasteiger partial charge in [0.2, 0.25) is 10.0 Å². The Morgan fingerprint density at radius 3 is 2.52 bits per heavy atom. The van der Waals surface area contributed by atoms with Gasteiger partial charge in [0.25, 0.3) is 0 Å². The molecule has 1 aromatic carbocycles. The molecule has 2 aromatic rings. The van der Waals surface area contributed by atoms with Gasteiger partial charge in [-0.25, -0.2) is 17.8 Å². The van der Waals surface area contributed by atoms with Crippen molar-refractivity contribution in [3.05, 3.63) is 41.7 Å². The molecule has 23 heavy (non-hydrogen) atoms. The summed E-state index contributed by atoms with van der Waals surface area (Å²) in [6.45, 7) is 5.60. The standard InChI is InChI=1S/C16H23N3O3S/c1-5-10-23(20,21)18-12(2)16-11-17-19(13(16)3)14-6-8-15(22-4)9-7-14/h6-9,11-12,18H,5,10H2,1-4H3/t12-/m1/s1. The van der Waals surface area contributed by atoms with Gasteiger partial charge in [0, 0.05) is 17.3 Å². The molecule has 0 bridgehead atoms. The molecule has 1 aromatic heterocycles. The Kier molecular flexibility index (Phi) is 5.43. The van der Waals surface area contributed by atoms with Gasteiger partial charge in [0.05, 0.1) is 24.7 Å². The molecule has 2 rings (SSSR count). The number of rotatable bonds is 7. The van der Waals surface area contributed by atoms with E-state index in [0.717, 1.165) is 22.7 Å². The summed E-state index contributed by atoms with van der Waals surface area (Å²) < 4.78 is 33.5. The number of hydrogen-bond donors (Lipinski definition) is 1. The first-order valence-electron chi connectivity index (χ1n) is 7.57. The average Bonchev–Trinajstić information content (AvgIpc) is 2.88. The second-order valence-corrected chi connectivity index (χ2v) is 7.33. The smallest absolute Gasteiger partial charge is 0.212 e. The number of nitrogens with zero attached hydrogens (tertiary/aromatic N) is 2. The molecule has 0 aliphatic heterocycles.